The number of carbonyl (C=O) groups is 2. The number of anilines is 1. The summed E-state index contributed by atoms with van der Waals surface area (Å²) < 4.78 is 44.8. The molecule has 0 saturated heterocycles. The van der Waals surface area contributed by atoms with Crippen LogP contribution in [-0.2, 0) is 15.7 Å². The Kier molecular flexibility index (Phi) is 5.83. The van der Waals surface area contributed by atoms with Gasteiger partial charge in [0.2, 0.25) is 0 Å². The molecule has 0 aliphatic heterocycles. The fourth-order valence-corrected chi connectivity index (χ4v) is 3.96. The van der Waals surface area contributed by atoms with E-state index < -0.39 is 35.9 Å². The minimum Gasteiger partial charge on any atom is -0.451 e. The molecule has 1 amide bonds. The number of halogens is 5. The van der Waals surface area contributed by atoms with Gasteiger partial charge < -0.3 is 10.1 Å². The molecule has 0 radical (unpaired) electrons. The Labute approximate surface area is 170 Å². The highest BCUT2D eigenvalue weighted by molar-refractivity contribution is 7.21. The number of benzene rings is 2. The first-order valence-corrected chi connectivity index (χ1v) is 9.25. The smallest absolute Gasteiger partial charge is 0.418 e. The van der Waals surface area contributed by atoms with Gasteiger partial charge in [-0.1, -0.05) is 41.4 Å². The number of hydrogen-bond acceptors (Lipinski definition) is 4. The second-order valence-corrected chi connectivity index (χ2v) is 7.42. The maximum absolute atomic E-state index is 13.1. The molecular weight excluding hydrogens is 438 g/mol. The van der Waals surface area contributed by atoms with E-state index in [4.69, 9.17) is 27.9 Å². The first-order valence-electron chi connectivity index (χ1n) is 7.67. The van der Waals surface area contributed by atoms with Crippen molar-refractivity contribution >= 4 is 62.2 Å². The summed E-state index contributed by atoms with van der Waals surface area (Å²) in [5.74, 6) is -1.77. The summed E-state index contributed by atoms with van der Waals surface area (Å²) in [5.41, 5.74) is -1.59. The largest absolute Gasteiger partial charge is 0.451 e. The van der Waals surface area contributed by atoms with Gasteiger partial charge in [0.25, 0.3) is 5.91 Å². The monoisotopic (exact) mass is 447 g/mol. The second kappa shape index (κ2) is 7.98. The molecule has 10 heteroatoms. The molecule has 0 spiro atoms. The van der Waals surface area contributed by atoms with Crippen molar-refractivity contribution in [2.45, 2.75) is 6.18 Å². The summed E-state index contributed by atoms with van der Waals surface area (Å²) in [7, 11) is 0. The molecule has 1 N–H and O–H groups in total. The number of carbonyl (C=O) groups excluding carboxylic acids is 2. The maximum atomic E-state index is 13.1. The molecule has 0 aliphatic rings. The fourth-order valence-electron chi connectivity index (χ4n) is 2.39. The van der Waals surface area contributed by atoms with E-state index in [0.29, 0.717) is 11.5 Å². The molecule has 28 heavy (non-hydrogen) atoms. The Morgan fingerprint density at radius 1 is 1.11 bits per heavy atom. The van der Waals surface area contributed by atoms with Crippen LogP contribution in [0.25, 0.3) is 10.1 Å². The van der Waals surface area contributed by atoms with Crippen molar-refractivity contribution in [2.24, 2.45) is 0 Å². The van der Waals surface area contributed by atoms with Crippen LogP contribution in [0.5, 0.6) is 0 Å². The van der Waals surface area contributed by atoms with Gasteiger partial charge in [0.1, 0.15) is 4.88 Å². The quantitative estimate of drug-likeness (QED) is 0.497. The van der Waals surface area contributed by atoms with Crippen LogP contribution in [0.3, 0.4) is 0 Å². The predicted molar refractivity (Wildman–Crippen MR) is 102 cm³/mol. The van der Waals surface area contributed by atoms with Crippen molar-refractivity contribution in [3.63, 3.8) is 0 Å². The average Bonchev–Trinajstić information content (AvgIpc) is 2.97. The molecule has 0 atom stereocenters. The van der Waals surface area contributed by atoms with Gasteiger partial charge in [-0.2, -0.15) is 13.2 Å². The summed E-state index contributed by atoms with van der Waals surface area (Å²) in [6.07, 6.45) is -4.71. The SMILES string of the molecule is O=C(COC(=O)c1sc2ccccc2c1Cl)Nc1ccc(Cl)cc1C(F)(F)F. The average molecular weight is 448 g/mol. The van der Waals surface area contributed by atoms with E-state index in [0.717, 1.165) is 22.1 Å². The van der Waals surface area contributed by atoms with Crippen molar-refractivity contribution in [1.82, 2.24) is 0 Å². The second-order valence-electron chi connectivity index (χ2n) is 5.55. The Bertz CT molecular complexity index is 1070. The Morgan fingerprint density at radius 2 is 1.82 bits per heavy atom. The normalized spacial score (nSPS) is 11.5. The molecule has 0 bridgehead atoms. The van der Waals surface area contributed by atoms with E-state index in [-0.39, 0.29) is 14.9 Å². The minimum absolute atomic E-state index is 0.109. The van der Waals surface area contributed by atoms with Crippen molar-refractivity contribution in [1.29, 1.82) is 0 Å². The summed E-state index contributed by atoms with van der Waals surface area (Å²) in [4.78, 5) is 24.2. The summed E-state index contributed by atoms with van der Waals surface area (Å²) in [5, 5.41) is 2.80. The van der Waals surface area contributed by atoms with Gasteiger partial charge in [-0.25, -0.2) is 4.79 Å². The van der Waals surface area contributed by atoms with Crippen molar-refractivity contribution in [3.05, 3.63) is 63.0 Å². The van der Waals surface area contributed by atoms with Crippen LogP contribution < -0.4 is 5.32 Å². The minimum atomic E-state index is -4.71. The lowest BCUT2D eigenvalue weighted by Crippen LogP contribution is -2.22. The highest BCUT2D eigenvalue weighted by Crippen LogP contribution is 2.37. The lowest BCUT2D eigenvalue weighted by Gasteiger charge is -2.14. The predicted octanol–water partition coefficient (Wildman–Crippen LogP) is 6.02. The van der Waals surface area contributed by atoms with Gasteiger partial charge in [0.05, 0.1) is 16.3 Å². The van der Waals surface area contributed by atoms with E-state index in [1.807, 2.05) is 0 Å². The van der Waals surface area contributed by atoms with E-state index in [1.54, 1.807) is 24.3 Å². The van der Waals surface area contributed by atoms with Crippen molar-refractivity contribution < 1.29 is 27.5 Å². The maximum Gasteiger partial charge on any atom is 0.418 e. The van der Waals surface area contributed by atoms with Crippen LogP contribution in [0.15, 0.2) is 42.5 Å². The molecule has 1 heterocycles. The fraction of sp³-hybridized carbons (Fsp3) is 0.111. The lowest BCUT2D eigenvalue weighted by molar-refractivity contribution is -0.137. The molecule has 146 valence electrons. The summed E-state index contributed by atoms with van der Waals surface area (Å²) >= 11 is 12.8. The molecule has 1 aromatic heterocycles. The molecule has 3 rings (SSSR count). The Balaban J connectivity index is 1.69. The summed E-state index contributed by atoms with van der Waals surface area (Å²) in [6.45, 7) is -0.774. The van der Waals surface area contributed by atoms with Crippen LogP contribution in [0.4, 0.5) is 18.9 Å². The number of rotatable bonds is 4. The van der Waals surface area contributed by atoms with Gasteiger partial charge in [-0.15, -0.1) is 11.3 Å². The van der Waals surface area contributed by atoms with E-state index in [1.165, 1.54) is 6.07 Å². The highest BCUT2D eigenvalue weighted by atomic mass is 35.5. The number of thiophene rings is 1. The van der Waals surface area contributed by atoms with E-state index in [2.05, 4.69) is 5.32 Å². The third kappa shape index (κ3) is 4.40. The zero-order valence-corrected chi connectivity index (χ0v) is 16.1. The van der Waals surface area contributed by atoms with Crippen molar-refractivity contribution in [2.75, 3.05) is 11.9 Å². The first kappa shape index (κ1) is 20.4. The number of nitrogens with one attached hydrogen (secondary N) is 1. The molecular formula is C18H10Cl2F3NO3S. The molecule has 3 aromatic rings. The Hall–Kier alpha value is -2.29. The van der Waals surface area contributed by atoms with E-state index >= 15 is 0 Å². The molecule has 0 unspecified atom stereocenters. The zero-order valence-electron chi connectivity index (χ0n) is 13.8. The topological polar surface area (TPSA) is 55.4 Å². The lowest BCUT2D eigenvalue weighted by atomic mass is 10.1. The van der Waals surface area contributed by atoms with Gasteiger partial charge in [-0.05, 0) is 24.3 Å². The van der Waals surface area contributed by atoms with Gasteiger partial charge in [0.15, 0.2) is 6.61 Å². The Morgan fingerprint density at radius 3 is 2.50 bits per heavy atom. The molecule has 4 nitrogen and oxygen atoms in total. The van der Waals surface area contributed by atoms with Gasteiger partial charge in [-0.3, -0.25) is 4.79 Å². The number of amides is 1. The van der Waals surface area contributed by atoms with Gasteiger partial charge >= 0.3 is 12.1 Å². The van der Waals surface area contributed by atoms with Crippen LogP contribution in [-0.4, -0.2) is 18.5 Å². The molecule has 0 aliphatic carbocycles. The van der Waals surface area contributed by atoms with Crippen molar-refractivity contribution in [3.8, 4) is 0 Å². The van der Waals surface area contributed by atoms with Crippen LogP contribution in [0, 0.1) is 0 Å². The van der Waals surface area contributed by atoms with Crippen LogP contribution in [0.2, 0.25) is 10.0 Å². The third-order valence-corrected chi connectivity index (χ3v) is 5.51. The third-order valence-electron chi connectivity index (χ3n) is 3.62. The molecule has 0 saturated carbocycles. The zero-order chi connectivity index (χ0) is 20.5. The van der Waals surface area contributed by atoms with E-state index in [9.17, 15) is 22.8 Å². The van der Waals surface area contributed by atoms with Crippen LogP contribution >= 0.6 is 34.5 Å². The van der Waals surface area contributed by atoms with Crippen LogP contribution in [0.1, 0.15) is 15.2 Å². The number of alkyl halides is 3. The molecule has 2 aromatic carbocycles. The highest BCUT2D eigenvalue weighted by Gasteiger charge is 2.34. The number of ether oxygens (including phenoxy) is 1. The first-order chi connectivity index (χ1) is 13.2. The molecule has 0 fully saturated rings. The standard InChI is InChI=1S/C18H10Cl2F3NO3S/c19-9-5-6-12(11(7-9)18(21,22)23)24-14(25)8-27-17(26)16-15(20)10-3-1-2-4-13(10)28-16/h1-7H,8H2,(H,24,25). The number of hydrogen-bond donors (Lipinski definition) is 1. The van der Waals surface area contributed by atoms with Gasteiger partial charge in [0, 0.05) is 15.1 Å². The summed E-state index contributed by atoms with van der Waals surface area (Å²) in [6, 6.07) is 9.96. The number of esters is 1. The number of fused-ring (bicyclic) bond motifs is 1.